The molecule has 0 radical (unpaired) electrons. The number of nitrogens with two attached hydrogens (primary N) is 1. The molecule has 0 spiro atoms. The number of anilines is 1. The smallest absolute Gasteiger partial charge is 0.332 e. The van der Waals surface area contributed by atoms with Crippen molar-refractivity contribution in [2.24, 2.45) is 0 Å². The van der Waals surface area contributed by atoms with Crippen molar-refractivity contribution in [1.29, 1.82) is 0 Å². The fourth-order valence-electron chi connectivity index (χ4n) is 4.60. The Morgan fingerprint density at radius 2 is 1.73 bits per heavy atom. The molecule has 0 saturated heterocycles. The molecule has 9 nitrogen and oxygen atoms in total. The van der Waals surface area contributed by atoms with Crippen molar-refractivity contribution in [2.45, 2.75) is 58.8 Å². The van der Waals surface area contributed by atoms with Gasteiger partial charge in [0, 0.05) is 44.8 Å². The Morgan fingerprint density at radius 1 is 0.973 bits per heavy atom. The molecule has 0 aliphatic heterocycles. The number of aliphatic hydroxyl groups excluding tert-OH is 1. The van der Waals surface area contributed by atoms with E-state index in [1.807, 2.05) is 66.1 Å². The maximum absolute atomic E-state index is 13.6. The van der Waals surface area contributed by atoms with Crippen molar-refractivity contribution in [3.63, 3.8) is 0 Å². The average molecular weight is 505 g/mol. The minimum absolute atomic E-state index is 0.315. The predicted molar refractivity (Wildman–Crippen MR) is 147 cm³/mol. The van der Waals surface area contributed by atoms with E-state index in [9.17, 15) is 14.7 Å². The summed E-state index contributed by atoms with van der Waals surface area (Å²) in [6.07, 6.45) is 1.31. The second kappa shape index (κ2) is 12.0. The van der Waals surface area contributed by atoms with Gasteiger partial charge in [-0.3, -0.25) is 13.9 Å². The Labute approximate surface area is 216 Å². The van der Waals surface area contributed by atoms with Gasteiger partial charge in [0.25, 0.3) is 5.56 Å². The Morgan fingerprint density at radius 3 is 2.43 bits per heavy atom. The molecule has 0 aliphatic carbocycles. The summed E-state index contributed by atoms with van der Waals surface area (Å²) in [7, 11) is 0. The summed E-state index contributed by atoms with van der Waals surface area (Å²) in [6.45, 7) is 5.88. The molecule has 4 N–H and O–H groups in total. The molecule has 0 amide bonds. The standard InChI is InChI=1S/C28H36N6O3/c1-3-14-34-27(36)25-26(33(28(34)37)15-12-22-10-7-11-23(29)17-22)31-24(18-21-8-5-4-6-9-21)32(25)16-13-30-19-20(2)35/h4-11,17,20,30,35H,3,12-16,18-19,29H2,1-2H3. The summed E-state index contributed by atoms with van der Waals surface area (Å²) < 4.78 is 4.89. The van der Waals surface area contributed by atoms with Gasteiger partial charge in [0.2, 0.25) is 0 Å². The van der Waals surface area contributed by atoms with E-state index in [1.165, 1.54) is 4.57 Å². The van der Waals surface area contributed by atoms with Gasteiger partial charge in [-0.05, 0) is 43.0 Å². The van der Waals surface area contributed by atoms with E-state index >= 15 is 0 Å². The minimum atomic E-state index is -0.470. The van der Waals surface area contributed by atoms with Crippen molar-refractivity contribution < 1.29 is 5.11 Å². The van der Waals surface area contributed by atoms with Crippen LogP contribution in [0.25, 0.3) is 11.2 Å². The van der Waals surface area contributed by atoms with E-state index in [-0.39, 0.29) is 11.2 Å². The quantitative estimate of drug-likeness (QED) is 0.201. The number of aromatic nitrogens is 4. The Balaban J connectivity index is 1.83. The highest BCUT2D eigenvalue weighted by molar-refractivity contribution is 5.71. The van der Waals surface area contributed by atoms with Crippen LogP contribution in [0.5, 0.6) is 0 Å². The van der Waals surface area contributed by atoms with Crippen LogP contribution in [0.2, 0.25) is 0 Å². The molecule has 1 unspecified atom stereocenters. The predicted octanol–water partition coefficient (Wildman–Crippen LogP) is 2.16. The number of hydrogen-bond acceptors (Lipinski definition) is 6. The van der Waals surface area contributed by atoms with E-state index in [2.05, 4.69) is 5.32 Å². The summed E-state index contributed by atoms with van der Waals surface area (Å²) in [5.74, 6) is 0.725. The van der Waals surface area contributed by atoms with E-state index in [0.29, 0.717) is 68.8 Å². The van der Waals surface area contributed by atoms with E-state index < -0.39 is 6.10 Å². The maximum Gasteiger partial charge on any atom is 0.332 e. The number of aryl methyl sites for hydroxylation is 2. The van der Waals surface area contributed by atoms with Crippen LogP contribution in [0.15, 0.2) is 64.2 Å². The molecule has 4 rings (SSSR count). The second-order valence-electron chi connectivity index (χ2n) is 9.45. The third-order valence-electron chi connectivity index (χ3n) is 6.37. The lowest BCUT2D eigenvalue weighted by molar-refractivity contribution is 0.191. The topological polar surface area (TPSA) is 120 Å². The fourth-order valence-corrected chi connectivity index (χ4v) is 4.60. The summed E-state index contributed by atoms with van der Waals surface area (Å²) in [6, 6.07) is 17.6. The molecule has 2 aromatic heterocycles. The number of benzene rings is 2. The minimum Gasteiger partial charge on any atom is -0.399 e. The lowest BCUT2D eigenvalue weighted by Gasteiger charge is -2.14. The van der Waals surface area contributed by atoms with Gasteiger partial charge < -0.3 is 20.7 Å². The van der Waals surface area contributed by atoms with Crippen LogP contribution in [0.3, 0.4) is 0 Å². The van der Waals surface area contributed by atoms with Gasteiger partial charge in [-0.25, -0.2) is 9.78 Å². The van der Waals surface area contributed by atoms with Crippen LogP contribution < -0.4 is 22.3 Å². The number of fused-ring (bicyclic) bond motifs is 1. The largest absolute Gasteiger partial charge is 0.399 e. The number of imidazole rings is 1. The van der Waals surface area contributed by atoms with E-state index in [0.717, 1.165) is 17.0 Å². The Kier molecular flexibility index (Phi) is 8.58. The zero-order valence-corrected chi connectivity index (χ0v) is 21.6. The molecule has 0 bridgehead atoms. The van der Waals surface area contributed by atoms with Gasteiger partial charge in [0.1, 0.15) is 5.82 Å². The second-order valence-corrected chi connectivity index (χ2v) is 9.45. The summed E-state index contributed by atoms with van der Waals surface area (Å²) in [5, 5.41) is 12.9. The molecule has 2 aromatic carbocycles. The molecule has 0 saturated carbocycles. The molecule has 37 heavy (non-hydrogen) atoms. The van der Waals surface area contributed by atoms with E-state index in [4.69, 9.17) is 10.7 Å². The first-order chi connectivity index (χ1) is 17.9. The SMILES string of the molecule is CCCn1c(=O)c2c(nc(Cc3ccccc3)n2CCNCC(C)O)n(CCc2cccc(N)c2)c1=O. The first-order valence-corrected chi connectivity index (χ1v) is 12.9. The molecular formula is C28H36N6O3. The summed E-state index contributed by atoms with van der Waals surface area (Å²) in [5.41, 5.74) is 8.90. The Bertz CT molecular complexity index is 1450. The van der Waals surface area contributed by atoms with Crippen molar-refractivity contribution in [3.05, 3.63) is 92.4 Å². The summed E-state index contributed by atoms with van der Waals surface area (Å²) in [4.78, 5) is 32.0. The van der Waals surface area contributed by atoms with Crippen LogP contribution in [0.4, 0.5) is 5.69 Å². The molecule has 196 valence electrons. The van der Waals surface area contributed by atoms with Gasteiger partial charge in [-0.15, -0.1) is 0 Å². The van der Waals surface area contributed by atoms with Crippen molar-refractivity contribution in [2.75, 3.05) is 18.8 Å². The third kappa shape index (κ3) is 6.18. The van der Waals surface area contributed by atoms with Gasteiger partial charge in [-0.1, -0.05) is 49.4 Å². The van der Waals surface area contributed by atoms with Crippen molar-refractivity contribution in [3.8, 4) is 0 Å². The Hall–Kier alpha value is -3.69. The first-order valence-electron chi connectivity index (χ1n) is 12.9. The van der Waals surface area contributed by atoms with Crippen LogP contribution in [-0.2, 0) is 32.5 Å². The zero-order chi connectivity index (χ0) is 26.4. The molecule has 0 fully saturated rings. The van der Waals surface area contributed by atoms with Gasteiger partial charge >= 0.3 is 5.69 Å². The number of nitrogens with zero attached hydrogens (tertiary/aromatic N) is 4. The monoisotopic (exact) mass is 504 g/mol. The van der Waals surface area contributed by atoms with Crippen LogP contribution in [0, 0.1) is 0 Å². The zero-order valence-electron chi connectivity index (χ0n) is 21.6. The van der Waals surface area contributed by atoms with Crippen molar-refractivity contribution >= 4 is 16.9 Å². The number of nitrogens with one attached hydrogen (secondary N) is 1. The highest BCUT2D eigenvalue weighted by Crippen LogP contribution is 2.17. The van der Waals surface area contributed by atoms with Gasteiger partial charge in [0.15, 0.2) is 11.2 Å². The maximum atomic E-state index is 13.6. The van der Waals surface area contributed by atoms with Crippen LogP contribution in [-0.4, -0.2) is 43.0 Å². The number of nitrogen functional groups attached to an aromatic ring is 1. The van der Waals surface area contributed by atoms with Crippen LogP contribution in [0.1, 0.15) is 37.2 Å². The number of aliphatic hydroxyl groups is 1. The number of hydrogen-bond donors (Lipinski definition) is 3. The van der Waals surface area contributed by atoms with Gasteiger partial charge in [-0.2, -0.15) is 0 Å². The number of rotatable bonds is 12. The molecule has 0 aliphatic rings. The highest BCUT2D eigenvalue weighted by atomic mass is 16.3. The van der Waals surface area contributed by atoms with Crippen molar-refractivity contribution in [1.82, 2.24) is 24.0 Å². The molecule has 2 heterocycles. The average Bonchev–Trinajstić information content (AvgIpc) is 3.22. The van der Waals surface area contributed by atoms with Crippen LogP contribution >= 0.6 is 0 Å². The molecule has 9 heteroatoms. The lowest BCUT2D eigenvalue weighted by Crippen LogP contribution is -2.41. The normalized spacial score (nSPS) is 12.3. The lowest BCUT2D eigenvalue weighted by atomic mass is 10.1. The first kappa shape index (κ1) is 26.4. The molecule has 4 aromatic rings. The van der Waals surface area contributed by atoms with Gasteiger partial charge in [0.05, 0.1) is 6.10 Å². The summed E-state index contributed by atoms with van der Waals surface area (Å²) >= 11 is 0. The van der Waals surface area contributed by atoms with E-state index in [1.54, 1.807) is 11.5 Å². The third-order valence-corrected chi connectivity index (χ3v) is 6.37. The highest BCUT2D eigenvalue weighted by Gasteiger charge is 2.21. The molecule has 1 atom stereocenters. The fraction of sp³-hybridized carbons (Fsp3) is 0.393. The molecular weight excluding hydrogens is 468 g/mol.